The van der Waals surface area contributed by atoms with Gasteiger partial charge in [-0.2, -0.15) is 0 Å². The second kappa shape index (κ2) is 7.26. The quantitative estimate of drug-likeness (QED) is 0.876. The maximum atomic E-state index is 12.4. The number of hydrogen-bond acceptors (Lipinski definition) is 4. The fourth-order valence-corrected chi connectivity index (χ4v) is 3.78. The van der Waals surface area contributed by atoms with Crippen LogP contribution in [0.4, 0.5) is 0 Å². The van der Waals surface area contributed by atoms with Gasteiger partial charge in [0, 0.05) is 10.9 Å². The Kier molecular flexibility index (Phi) is 5.09. The highest BCUT2D eigenvalue weighted by Gasteiger charge is 2.16. The lowest BCUT2D eigenvalue weighted by Gasteiger charge is -2.18. The summed E-state index contributed by atoms with van der Waals surface area (Å²) in [6.07, 6.45) is 0.978. The van der Waals surface area contributed by atoms with Gasteiger partial charge < -0.3 is 14.8 Å². The van der Waals surface area contributed by atoms with Crippen molar-refractivity contribution < 1.29 is 14.3 Å². The molecule has 1 amide bonds. The number of fused-ring (bicyclic) bond motifs is 1. The van der Waals surface area contributed by atoms with Crippen molar-refractivity contribution in [3.63, 3.8) is 0 Å². The van der Waals surface area contributed by atoms with Crippen molar-refractivity contribution in [2.24, 2.45) is 5.92 Å². The molecule has 2 heterocycles. The maximum absolute atomic E-state index is 12.4. The number of nitrogens with one attached hydrogen (secondary N) is 1. The van der Waals surface area contributed by atoms with Gasteiger partial charge in [-0.3, -0.25) is 4.79 Å². The first-order valence-electron chi connectivity index (χ1n) is 8.33. The van der Waals surface area contributed by atoms with Crippen LogP contribution in [0.2, 0.25) is 0 Å². The molecular formula is C19H23NO3S. The summed E-state index contributed by atoms with van der Waals surface area (Å²) >= 11 is 1.50. The Labute approximate surface area is 146 Å². The summed E-state index contributed by atoms with van der Waals surface area (Å²) < 4.78 is 11.2. The molecule has 2 aromatic rings. The number of hydrogen-bond donors (Lipinski definition) is 1. The van der Waals surface area contributed by atoms with Crippen molar-refractivity contribution >= 4 is 17.2 Å². The molecular weight excluding hydrogens is 322 g/mol. The number of ether oxygens (including phenoxy) is 2. The molecule has 1 aliphatic heterocycles. The van der Waals surface area contributed by atoms with Crippen molar-refractivity contribution in [3.8, 4) is 21.9 Å². The second-order valence-electron chi connectivity index (χ2n) is 6.53. The summed E-state index contributed by atoms with van der Waals surface area (Å²) in [4.78, 5) is 14.2. The van der Waals surface area contributed by atoms with Gasteiger partial charge in [0.05, 0.1) is 4.88 Å². The van der Waals surface area contributed by atoms with Gasteiger partial charge in [-0.1, -0.05) is 13.8 Å². The molecule has 1 N–H and O–H groups in total. The minimum atomic E-state index is -0.00283. The monoisotopic (exact) mass is 345 g/mol. The predicted octanol–water partition coefficient (Wildman–Crippen LogP) is 4.35. The highest BCUT2D eigenvalue weighted by atomic mass is 32.1. The largest absolute Gasteiger partial charge is 0.486 e. The Morgan fingerprint density at radius 2 is 1.88 bits per heavy atom. The molecule has 1 aromatic carbocycles. The summed E-state index contributed by atoms with van der Waals surface area (Å²) in [5.74, 6) is 2.11. The first kappa shape index (κ1) is 16.8. The molecule has 3 rings (SSSR count). The van der Waals surface area contributed by atoms with Crippen LogP contribution in [-0.4, -0.2) is 25.2 Å². The van der Waals surface area contributed by atoms with E-state index in [0.717, 1.165) is 33.2 Å². The number of amides is 1. The molecule has 0 saturated heterocycles. The van der Waals surface area contributed by atoms with Crippen molar-refractivity contribution in [1.29, 1.82) is 0 Å². The molecule has 0 fully saturated rings. The fraction of sp³-hybridized carbons (Fsp3) is 0.421. The third-order valence-electron chi connectivity index (χ3n) is 3.86. The molecule has 4 nitrogen and oxygen atoms in total. The highest BCUT2D eigenvalue weighted by Crippen LogP contribution is 2.36. The average molecular weight is 345 g/mol. The van der Waals surface area contributed by atoms with Gasteiger partial charge in [-0.25, -0.2) is 0 Å². The van der Waals surface area contributed by atoms with Crippen molar-refractivity contribution in [3.05, 3.63) is 35.2 Å². The van der Waals surface area contributed by atoms with E-state index in [1.165, 1.54) is 11.3 Å². The molecule has 1 aliphatic rings. The van der Waals surface area contributed by atoms with Crippen LogP contribution >= 0.6 is 11.3 Å². The molecule has 0 saturated carbocycles. The van der Waals surface area contributed by atoms with E-state index in [9.17, 15) is 4.79 Å². The van der Waals surface area contributed by atoms with Crippen LogP contribution in [0.1, 0.15) is 36.9 Å². The summed E-state index contributed by atoms with van der Waals surface area (Å²) in [5, 5.41) is 3.07. The minimum Gasteiger partial charge on any atom is -0.486 e. The normalized spacial score (nSPS) is 14.5. The summed E-state index contributed by atoms with van der Waals surface area (Å²) in [6, 6.07) is 9.95. The average Bonchev–Trinajstić information content (AvgIpc) is 3.03. The third kappa shape index (κ3) is 3.90. The van der Waals surface area contributed by atoms with Gasteiger partial charge >= 0.3 is 0 Å². The first-order chi connectivity index (χ1) is 11.5. The van der Waals surface area contributed by atoms with Crippen LogP contribution in [0.5, 0.6) is 11.5 Å². The zero-order valence-electron chi connectivity index (χ0n) is 14.3. The van der Waals surface area contributed by atoms with Crippen LogP contribution < -0.4 is 14.8 Å². The summed E-state index contributed by atoms with van der Waals surface area (Å²) in [7, 11) is 0. The molecule has 5 heteroatoms. The minimum absolute atomic E-state index is 0.00283. The molecule has 0 aliphatic carbocycles. The van der Waals surface area contributed by atoms with E-state index in [1.807, 2.05) is 37.3 Å². The van der Waals surface area contributed by atoms with E-state index >= 15 is 0 Å². The van der Waals surface area contributed by atoms with E-state index in [4.69, 9.17) is 9.47 Å². The highest BCUT2D eigenvalue weighted by molar-refractivity contribution is 7.17. The van der Waals surface area contributed by atoms with Gasteiger partial charge in [-0.15, -0.1) is 11.3 Å². The maximum Gasteiger partial charge on any atom is 0.261 e. The van der Waals surface area contributed by atoms with Gasteiger partial charge in [0.2, 0.25) is 0 Å². The molecule has 0 bridgehead atoms. The molecule has 1 atom stereocenters. The Morgan fingerprint density at radius 1 is 1.12 bits per heavy atom. The second-order valence-corrected chi connectivity index (χ2v) is 7.61. The SMILES string of the molecule is CC(C)C[C@H](C)NC(=O)c1ccc(-c2ccc3c(c2)OCCO3)s1. The van der Waals surface area contributed by atoms with E-state index < -0.39 is 0 Å². The third-order valence-corrected chi connectivity index (χ3v) is 4.99. The van der Waals surface area contributed by atoms with Crippen LogP contribution in [0.15, 0.2) is 30.3 Å². The Balaban J connectivity index is 1.72. The summed E-state index contributed by atoms with van der Waals surface area (Å²) in [5.41, 5.74) is 1.04. The van der Waals surface area contributed by atoms with Gasteiger partial charge in [0.1, 0.15) is 13.2 Å². The fourth-order valence-electron chi connectivity index (χ4n) is 2.87. The Bertz CT molecular complexity index is 723. The molecule has 0 radical (unpaired) electrons. The van der Waals surface area contributed by atoms with Crippen molar-refractivity contribution in [2.75, 3.05) is 13.2 Å². The Morgan fingerprint density at radius 3 is 2.62 bits per heavy atom. The van der Waals surface area contributed by atoms with Crippen LogP contribution in [0.3, 0.4) is 0 Å². The smallest absolute Gasteiger partial charge is 0.261 e. The Hall–Kier alpha value is -2.01. The number of rotatable bonds is 5. The zero-order valence-corrected chi connectivity index (χ0v) is 15.1. The molecule has 0 unspecified atom stereocenters. The molecule has 24 heavy (non-hydrogen) atoms. The van der Waals surface area contributed by atoms with Crippen LogP contribution in [0, 0.1) is 5.92 Å². The van der Waals surface area contributed by atoms with Crippen molar-refractivity contribution in [1.82, 2.24) is 5.32 Å². The first-order valence-corrected chi connectivity index (χ1v) is 9.15. The van der Waals surface area contributed by atoms with Gasteiger partial charge in [-0.05, 0) is 55.2 Å². The van der Waals surface area contributed by atoms with Gasteiger partial charge in [0.15, 0.2) is 11.5 Å². The number of carbonyl (C=O) groups is 1. The topological polar surface area (TPSA) is 47.6 Å². The number of carbonyl (C=O) groups excluding carboxylic acids is 1. The van der Waals surface area contributed by atoms with E-state index in [1.54, 1.807) is 0 Å². The van der Waals surface area contributed by atoms with E-state index in [-0.39, 0.29) is 11.9 Å². The number of benzene rings is 1. The molecule has 128 valence electrons. The zero-order chi connectivity index (χ0) is 17.1. The van der Waals surface area contributed by atoms with Crippen molar-refractivity contribution in [2.45, 2.75) is 33.2 Å². The summed E-state index contributed by atoms with van der Waals surface area (Å²) in [6.45, 7) is 7.53. The van der Waals surface area contributed by atoms with Gasteiger partial charge in [0.25, 0.3) is 5.91 Å². The predicted molar refractivity (Wildman–Crippen MR) is 97.1 cm³/mol. The lowest BCUT2D eigenvalue weighted by atomic mass is 10.1. The molecule has 1 aromatic heterocycles. The number of thiophene rings is 1. The van der Waals surface area contributed by atoms with Crippen LogP contribution in [-0.2, 0) is 0 Å². The van der Waals surface area contributed by atoms with E-state index in [0.29, 0.717) is 19.1 Å². The lowest BCUT2D eigenvalue weighted by molar-refractivity contribution is 0.0940. The standard InChI is InChI=1S/C19H23NO3S/c1-12(2)10-13(3)20-19(21)18-7-6-17(24-18)14-4-5-15-16(11-14)23-9-8-22-15/h4-7,11-13H,8-10H2,1-3H3,(H,20,21)/t13-/m0/s1. The molecule has 0 spiro atoms. The lowest BCUT2D eigenvalue weighted by Crippen LogP contribution is -2.32. The van der Waals surface area contributed by atoms with Crippen LogP contribution in [0.25, 0.3) is 10.4 Å². The van der Waals surface area contributed by atoms with E-state index in [2.05, 4.69) is 19.2 Å².